The Morgan fingerprint density at radius 3 is 2.83 bits per heavy atom. The lowest BCUT2D eigenvalue weighted by molar-refractivity contribution is -0.122. The predicted octanol–water partition coefficient (Wildman–Crippen LogP) is 0.912. The van der Waals surface area contributed by atoms with Crippen molar-refractivity contribution in [2.75, 3.05) is 20.3 Å². The van der Waals surface area contributed by atoms with Gasteiger partial charge in [0.05, 0.1) is 20.3 Å². The molecule has 2 heterocycles. The largest absolute Gasteiger partial charge is 0.497 e. The predicted molar refractivity (Wildman–Crippen MR) is 102 cm³/mol. The summed E-state index contributed by atoms with van der Waals surface area (Å²) < 4.78 is 32.1. The number of allylic oxidation sites excluding steroid dienone is 2. The van der Waals surface area contributed by atoms with Crippen LogP contribution in [-0.4, -0.2) is 53.8 Å². The van der Waals surface area contributed by atoms with E-state index in [0.717, 1.165) is 11.6 Å². The molecular formula is C21H19F2N3O4. The monoisotopic (exact) mass is 415 g/mol. The molecule has 2 amide bonds. The molecule has 3 N–H and O–H groups in total. The molecule has 1 aliphatic carbocycles. The zero-order valence-electron chi connectivity index (χ0n) is 16.1. The minimum atomic E-state index is -1.61. The van der Waals surface area contributed by atoms with Gasteiger partial charge in [0.15, 0.2) is 17.2 Å². The van der Waals surface area contributed by atoms with Crippen molar-refractivity contribution in [3.8, 4) is 17.6 Å². The number of aliphatic hydroxyl groups excluding tert-OH is 1. The second-order valence-corrected chi connectivity index (χ2v) is 7.28. The van der Waals surface area contributed by atoms with Gasteiger partial charge in [-0.2, -0.15) is 0 Å². The molecule has 3 aliphatic rings. The third kappa shape index (κ3) is 3.44. The van der Waals surface area contributed by atoms with Gasteiger partial charge in [0, 0.05) is 24.1 Å². The fraction of sp³-hybridized carbons (Fsp3) is 0.333. The van der Waals surface area contributed by atoms with Crippen molar-refractivity contribution in [1.82, 2.24) is 15.5 Å². The molecular weight excluding hydrogens is 396 g/mol. The summed E-state index contributed by atoms with van der Waals surface area (Å²) in [5.41, 5.74) is 0.0480. The van der Waals surface area contributed by atoms with E-state index >= 15 is 0 Å². The molecule has 30 heavy (non-hydrogen) atoms. The maximum Gasteiger partial charge on any atom is 0.255 e. The molecule has 1 aromatic carbocycles. The smallest absolute Gasteiger partial charge is 0.255 e. The van der Waals surface area contributed by atoms with Crippen molar-refractivity contribution < 1.29 is 28.2 Å². The molecule has 0 saturated carbocycles. The van der Waals surface area contributed by atoms with Crippen LogP contribution < -0.4 is 15.4 Å². The molecule has 9 heteroatoms. The van der Waals surface area contributed by atoms with E-state index in [9.17, 15) is 23.5 Å². The zero-order chi connectivity index (χ0) is 21.5. The number of fused-ring (bicyclic) bond motifs is 1. The fourth-order valence-corrected chi connectivity index (χ4v) is 3.67. The maximum absolute atomic E-state index is 13.6. The molecule has 0 bridgehead atoms. The van der Waals surface area contributed by atoms with E-state index in [0.29, 0.717) is 17.9 Å². The number of ether oxygens (including phenoxy) is 1. The second-order valence-electron chi connectivity index (χ2n) is 7.28. The number of amides is 2. The van der Waals surface area contributed by atoms with Gasteiger partial charge in [-0.3, -0.25) is 14.9 Å². The highest BCUT2D eigenvalue weighted by atomic mass is 19.2. The Balaban J connectivity index is 1.60. The first-order valence-corrected chi connectivity index (χ1v) is 9.29. The number of nitrogens with one attached hydrogen (secondary N) is 2. The number of carbonyl (C=O) groups is 2. The molecule has 2 unspecified atom stereocenters. The van der Waals surface area contributed by atoms with Crippen LogP contribution in [0.25, 0.3) is 0 Å². The van der Waals surface area contributed by atoms with Gasteiger partial charge >= 0.3 is 0 Å². The summed E-state index contributed by atoms with van der Waals surface area (Å²) >= 11 is 0. The summed E-state index contributed by atoms with van der Waals surface area (Å²) in [6.45, 7) is 0.422. The average molecular weight is 415 g/mol. The first kappa shape index (κ1) is 20.1. The van der Waals surface area contributed by atoms with Gasteiger partial charge in [-0.05, 0) is 23.8 Å². The second kappa shape index (κ2) is 7.55. The number of carbonyl (C=O) groups excluding carboxylic acids is 2. The number of methoxy groups -OCH3 is 1. The van der Waals surface area contributed by atoms with E-state index in [-0.39, 0.29) is 31.1 Å². The summed E-state index contributed by atoms with van der Waals surface area (Å²) in [5.74, 6) is 2.92. The van der Waals surface area contributed by atoms with E-state index in [1.807, 2.05) is 0 Å². The minimum absolute atomic E-state index is 0.0375. The molecule has 0 aromatic heterocycles. The lowest BCUT2D eigenvalue weighted by atomic mass is 9.96. The van der Waals surface area contributed by atoms with Crippen molar-refractivity contribution in [3.63, 3.8) is 0 Å². The van der Waals surface area contributed by atoms with Crippen LogP contribution in [0.5, 0.6) is 5.75 Å². The van der Waals surface area contributed by atoms with Gasteiger partial charge in [0.1, 0.15) is 11.9 Å². The van der Waals surface area contributed by atoms with Crippen molar-refractivity contribution in [2.24, 2.45) is 0 Å². The minimum Gasteiger partial charge on any atom is -0.497 e. The van der Waals surface area contributed by atoms with Crippen molar-refractivity contribution in [2.45, 2.75) is 24.6 Å². The van der Waals surface area contributed by atoms with Crippen LogP contribution in [-0.2, 0) is 11.3 Å². The summed E-state index contributed by atoms with van der Waals surface area (Å²) in [6.07, 6.45) is -0.901. The molecule has 0 radical (unpaired) electrons. The average Bonchev–Trinajstić information content (AvgIpc) is 3.24. The van der Waals surface area contributed by atoms with Gasteiger partial charge < -0.3 is 20.1 Å². The quantitative estimate of drug-likeness (QED) is 0.639. The van der Waals surface area contributed by atoms with Gasteiger partial charge in [0.2, 0.25) is 0 Å². The van der Waals surface area contributed by atoms with Crippen LogP contribution in [0.1, 0.15) is 22.3 Å². The van der Waals surface area contributed by atoms with Crippen LogP contribution in [0.4, 0.5) is 8.78 Å². The highest BCUT2D eigenvalue weighted by Gasteiger charge is 2.45. The summed E-state index contributed by atoms with van der Waals surface area (Å²) in [6, 6.07) is 5.20. The Morgan fingerprint density at radius 1 is 1.37 bits per heavy atom. The molecule has 2 atom stereocenters. The number of hydrogen-bond acceptors (Lipinski definition) is 5. The van der Waals surface area contributed by atoms with Crippen LogP contribution >= 0.6 is 0 Å². The molecule has 1 aromatic rings. The Kier molecular flexibility index (Phi) is 5.05. The first-order valence-electron chi connectivity index (χ1n) is 9.29. The fourth-order valence-electron chi connectivity index (χ4n) is 3.67. The highest BCUT2D eigenvalue weighted by molar-refractivity contribution is 6.00. The lowest BCUT2D eigenvalue weighted by Gasteiger charge is -2.26. The van der Waals surface area contributed by atoms with Gasteiger partial charge in [-0.25, -0.2) is 8.78 Å². The normalized spacial score (nSPS) is 25.5. The van der Waals surface area contributed by atoms with E-state index < -0.39 is 29.2 Å². The van der Waals surface area contributed by atoms with Crippen LogP contribution in [0.15, 0.2) is 41.5 Å². The summed E-state index contributed by atoms with van der Waals surface area (Å²) in [7, 11) is 1.51. The molecule has 0 spiro atoms. The zero-order valence-corrected chi connectivity index (χ0v) is 16.1. The summed E-state index contributed by atoms with van der Waals surface area (Å²) in [5, 5.41) is 15.2. The van der Waals surface area contributed by atoms with Crippen LogP contribution in [0, 0.1) is 11.8 Å². The van der Waals surface area contributed by atoms with Crippen molar-refractivity contribution in [1.29, 1.82) is 0 Å². The maximum atomic E-state index is 13.6. The number of benzene rings is 1. The lowest BCUT2D eigenvalue weighted by Crippen LogP contribution is -2.54. The number of rotatable bonds is 3. The Hall–Kier alpha value is -3.22. The van der Waals surface area contributed by atoms with E-state index in [4.69, 9.17) is 4.74 Å². The SMILES string of the molecule is COc1ccc2c(c1)C(=O)N(CC1(C#CC3=CC(F)=C(F)C(O)C3)NCNC1=O)C2. The Labute approximate surface area is 171 Å². The van der Waals surface area contributed by atoms with Crippen LogP contribution in [0.3, 0.4) is 0 Å². The third-order valence-corrected chi connectivity index (χ3v) is 5.32. The first-order chi connectivity index (χ1) is 14.3. The standard InChI is InChI=1S/C21H19F2N3O4/c1-30-14-3-2-13-9-26(19(28)15(13)8-14)10-21(20(29)24-11-25-21)5-4-12-6-16(22)18(23)17(27)7-12/h2-3,6,8,17,25,27H,7,9-11H2,1H3,(H,24,29). The number of halogens is 2. The van der Waals surface area contributed by atoms with Crippen LogP contribution in [0.2, 0.25) is 0 Å². The molecule has 156 valence electrons. The number of hydrogen-bond donors (Lipinski definition) is 3. The molecule has 7 nitrogen and oxygen atoms in total. The van der Waals surface area contributed by atoms with Gasteiger partial charge in [0.25, 0.3) is 11.8 Å². The summed E-state index contributed by atoms with van der Waals surface area (Å²) in [4.78, 5) is 26.9. The Morgan fingerprint density at radius 2 is 2.17 bits per heavy atom. The van der Waals surface area contributed by atoms with E-state index in [1.165, 1.54) is 12.0 Å². The molecule has 4 rings (SSSR count). The van der Waals surface area contributed by atoms with E-state index in [2.05, 4.69) is 22.5 Å². The molecule has 1 fully saturated rings. The molecule has 2 aliphatic heterocycles. The van der Waals surface area contributed by atoms with E-state index in [1.54, 1.807) is 18.2 Å². The Bertz CT molecular complexity index is 1060. The molecule has 1 saturated heterocycles. The number of nitrogens with zero attached hydrogens (tertiary/aromatic N) is 1. The van der Waals surface area contributed by atoms with Crippen molar-refractivity contribution >= 4 is 11.8 Å². The highest BCUT2D eigenvalue weighted by Crippen LogP contribution is 2.29. The number of aliphatic hydroxyl groups is 1. The van der Waals surface area contributed by atoms with Gasteiger partial charge in [-0.1, -0.05) is 17.9 Å². The topological polar surface area (TPSA) is 90.9 Å². The van der Waals surface area contributed by atoms with Gasteiger partial charge in [-0.15, -0.1) is 0 Å². The van der Waals surface area contributed by atoms with Crippen molar-refractivity contribution in [3.05, 3.63) is 52.6 Å². The third-order valence-electron chi connectivity index (χ3n) is 5.32.